The van der Waals surface area contributed by atoms with Gasteiger partial charge >= 0.3 is 0 Å². The summed E-state index contributed by atoms with van der Waals surface area (Å²) < 4.78 is 17.5. The van der Waals surface area contributed by atoms with Gasteiger partial charge in [0.25, 0.3) is 23.6 Å². The number of unbranched alkanes of at least 4 members (excludes halogenated alkanes) is 1. The summed E-state index contributed by atoms with van der Waals surface area (Å²) in [5, 5.41) is 2.87. The first-order valence-corrected chi connectivity index (χ1v) is 20.3. The Morgan fingerprint density at radius 2 is 1.50 bits per heavy atom. The molecule has 0 atom stereocenters. The van der Waals surface area contributed by atoms with Gasteiger partial charge in [0.15, 0.2) is 0 Å². The fourth-order valence-electron chi connectivity index (χ4n) is 7.38. The van der Waals surface area contributed by atoms with Crippen LogP contribution in [0.2, 0.25) is 0 Å². The van der Waals surface area contributed by atoms with Crippen molar-refractivity contribution in [3.63, 3.8) is 0 Å². The largest absolute Gasteiger partial charge is 0.495 e. The van der Waals surface area contributed by atoms with Crippen LogP contribution >= 0.6 is 0 Å². The van der Waals surface area contributed by atoms with Crippen LogP contribution < -0.4 is 19.7 Å². The lowest BCUT2D eigenvalue weighted by Crippen LogP contribution is -2.43. The van der Waals surface area contributed by atoms with Gasteiger partial charge in [0.2, 0.25) is 5.91 Å². The predicted molar refractivity (Wildman–Crippen MR) is 230 cm³/mol. The molecular weight excluding hydrogens is 763 g/mol. The van der Waals surface area contributed by atoms with Crippen molar-refractivity contribution in [2.75, 3.05) is 71.3 Å². The molecule has 13 nitrogen and oxygen atoms in total. The Morgan fingerprint density at radius 3 is 2.22 bits per heavy atom. The molecule has 1 saturated heterocycles. The van der Waals surface area contributed by atoms with Crippen molar-refractivity contribution in [1.82, 2.24) is 14.7 Å². The van der Waals surface area contributed by atoms with Crippen LogP contribution in [0.25, 0.3) is 0 Å². The number of allylic oxidation sites excluding steroid dienone is 1. The smallest absolute Gasteiger partial charge is 0.261 e. The molecule has 0 radical (unpaired) electrons. The van der Waals surface area contributed by atoms with Crippen LogP contribution in [0.15, 0.2) is 103 Å². The maximum atomic E-state index is 13.8. The van der Waals surface area contributed by atoms with Crippen molar-refractivity contribution in [2.24, 2.45) is 0 Å². The number of rotatable bonds is 18. The summed E-state index contributed by atoms with van der Waals surface area (Å²) in [4.78, 5) is 72.2. The van der Waals surface area contributed by atoms with E-state index in [9.17, 15) is 24.0 Å². The van der Waals surface area contributed by atoms with Crippen molar-refractivity contribution in [3.05, 3.63) is 131 Å². The van der Waals surface area contributed by atoms with Crippen molar-refractivity contribution in [2.45, 2.75) is 44.8 Å². The van der Waals surface area contributed by atoms with Crippen LogP contribution in [0.3, 0.4) is 0 Å². The van der Waals surface area contributed by atoms with E-state index in [-0.39, 0.29) is 42.3 Å². The second-order valence-corrected chi connectivity index (χ2v) is 15.0. The summed E-state index contributed by atoms with van der Waals surface area (Å²) >= 11 is 0. The van der Waals surface area contributed by atoms with Crippen LogP contribution in [-0.4, -0.2) is 111 Å². The molecule has 1 N–H and O–H groups in total. The van der Waals surface area contributed by atoms with Crippen molar-refractivity contribution in [3.8, 4) is 11.5 Å². The van der Waals surface area contributed by atoms with E-state index in [2.05, 4.69) is 24.3 Å². The molecule has 60 heavy (non-hydrogen) atoms. The van der Waals surface area contributed by atoms with E-state index in [1.165, 1.54) is 12.0 Å². The summed E-state index contributed by atoms with van der Waals surface area (Å²) in [6.45, 7) is 2.72. The molecule has 13 heteroatoms. The fourth-order valence-corrected chi connectivity index (χ4v) is 7.38. The first-order chi connectivity index (χ1) is 29.1. The number of benzene rings is 4. The highest BCUT2D eigenvalue weighted by atomic mass is 16.5. The van der Waals surface area contributed by atoms with Crippen LogP contribution in [-0.2, 0) is 16.1 Å². The number of hydrogen-bond donors (Lipinski definition) is 1. The second kappa shape index (κ2) is 20.6. The number of nitrogens with one attached hydrogen (secondary N) is 1. The summed E-state index contributed by atoms with van der Waals surface area (Å²) in [6, 6.07) is 26.4. The minimum Gasteiger partial charge on any atom is -0.495 e. The highest BCUT2D eigenvalue weighted by molar-refractivity contribution is 6.21. The van der Waals surface area contributed by atoms with E-state index >= 15 is 0 Å². The molecule has 5 amide bonds. The summed E-state index contributed by atoms with van der Waals surface area (Å²) in [5.74, 6) is -0.688. The number of likely N-dealkylation sites (tertiary alicyclic amines) is 1. The Hall–Kier alpha value is -6.31. The third-order valence-electron chi connectivity index (χ3n) is 10.8. The number of amides is 5. The van der Waals surface area contributed by atoms with Crippen molar-refractivity contribution in [1.29, 1.82) is 0 Å². The van der Waals surface area contributed by atoms with E-state index in [0.717, 1.165) is 44.3 Å². The van der Waals surface area contributed by atoms with E-state index < -0.39 is 5.91 Å². The number of hydrogen-bond acceptors (Lipinski definition) is 9. The molecule has 1 fully saturated rings. The molecule has 0 unspecified atom stereocenters. The quantitative estimate of drug-likeness (QED) is 0.0662. The average molecular weight is 816 g/mol. The zero-order valence-electron chi connectivity index (χ0n) is 34.7. The number of ether oxygens (including phenoxy) is 3. The minimum absolute atomic E-state index is 0.0632. The number of carbonyl (C=O) groups is 5. The summed E-state index contributed by atoms with van der Waals surface area (Å²) in [6.07, 6.45) is 7.42. The number of piperidine rings is 1. The van der Waals surface area contributed by atoms with Crippen molar-refractivity contribution >= 4 is 40.9 Å². The fraction of sp³-hybridized carbons (Fsp3) is 0.340. The lowest BCUT2D eigenvalue weighted by Gasteiger charge is -2.34. The number of para-hydroxylation sites is 2. The molecule has 0 aliphatic carbocycles. The lowest BCUT2D eigenvalue weighted by molar-refractivity contribution is -0.127. The maximum absolute atomic E-state index is 13.8. The molecule has 0 spiro atoms. The first kappa shape index (κ1) is 43.3. The zero-order valence-corrected chi connectivity index (χ0v) is 34.7. The molecule has 4 aromatic rings. The van der Waals surface area contributed by atoms with Crippen LogP contribution in [0, 0.1) is 0 Å². The highest BCUT2D eigenvalue weighted by Crippen LogP contribution is 2.30. The second-order valence-electron chi connectivity index (χ2n) is 15.0. The van der Waals surface area contributed by atoms with Gasteiger partial charge in [0.05, 0.1) is 42.7 Å². The molecule has 2 aliphatic heterocycles. The number of anilines is 2. The zero-order chi connectivity index (χ0) is 42.6. The molecular formula is C47H53N5O8. The average Bonchev–Trinajstić information content (AvgIpc) is 3.52. The van der Waals surface area contributed by atoms with Gasteiger partial charge in [-0.2, -0.15) is 0 Å². The Kier molecular flexibility index (Phi) is 14.8. The van der Waals surface area contributed by atoms with E-state index in [0.29, 0.717) is 65.2 Å². The van der Waals surface area contributed by atoms with Gasteiger partial charge in [0.1, 0.15) is 11.5 Å². The molecule has 0 bridgehead atoms. The predicted octanol–water partition coefficient (Wildman–Crippen LogP) is 6.69. The number of methoxy groups -OCH3 is 1. The normalized spacial score (nSPS) is 14.2. The van der Waals surface area contributed by atoms with E-state index in [4.69, 9.17) is 14.2 Å². The Morgan fingerprint density at radius 1 is 0.817 bits per heavy atom. The van der Waals surface area contributed by atoms with Gasteiger partial charge in [-0.1, -0.05) is 48.5 Å². The van der Waals surface area contributed by atoms with E-state index in [1.54, 1.807) is 84.8 Å². The van der Waals surface area contributed by atoms with Gasteiger partial charge in [-0.25, -0.2) is 0 Å². The van der Waals surface area contributed by atoms with Gasteiger partial charge in [-0.05, 0) is 101 Å². The maximum Gasteiger partial charge on any atom is 0.261 e. The number of nitrogens with zero attached hydrogens (tertiary/aromatic N) is 4. The first-order valence-electron chi connectivity index (χ1n) is 20.3. The van der Waals surface area contributed by atoms with Crippen LogP contribution in [0.4, 0.5) is 11.4 Å². The Balaban J connectivity index is 0.982. The number of imide groups is 1. The highest BCUT2D eigenvalue weighted by Gasteiger charge is 2.34. The molecule has 2 heterocycles. The number of carbonyl (C=O) groups excluding carboxylic acids is 5. The Labute approximate surface area is 351 Å². The minimum atomic E-state index is -0.449. The molecule has 0 saturated carbocycles. The molecule has 2 aliphatic rings. The SMILES string of the molecule is COc1cc(C(=O)N(C)c2ccccc2COCCC/C=C/C(=O)N2CCC(N(C)C)CC2)ccc1NC(=O)c1ccccc1OCCCN1C(=O)c2ccccc2C1=O. The topological polar surface area (TPSA) is 138 Å². The summed E-state index contributed by atoms with van der Waals surface area (Å²) in [7, 11) is 7.33. The lowest BCUT2D eigenvalue weighted by atomic mass is 10.0. The van der Waals surface area contributed by atoms with Crippen molar-refractivity contribution < 1.29 is 38.2 Å². The standard InChI is InChI=1S/C47H53N5O8/c1-49(2)35-24-27-51(28-25-35)43(53)21-6-5-13-29-59-32-34-15-7-11-19-40(34)50(3)45(55)33-22-23-39(42(31-33)58-4)48-44(54)38-18-10-12-20-41(38)60-30-14-26-52-46(56)36-16-8-9-17-37(36)47(52)57/h6-12,15-23,31,35H,5,13-14,24-30,32H2,1-4H3,(H,48,54)/b21-6+. The van der Waals surface area contributed by atoms with Crippen LogP contribution in [0.5, 0.6) is 11.5 Å². The molecule has 314 valence electrons. The third kappa shape index (κ3) is 10.5. The number of fused-ring (bicyclic) bond motifs is 1. The Bertz CT molecular complexity index is 2180. The van der Waals surface area contributed by atoms with E-state index in [1.807, 2.05) is 35.2 Å². The van der Waals surface area contributed by atoms with Gasteiger partial charge < -0.3 is 34.2 Å². The van der Waals surface area contributed by atoms with Gasteiger partial charge in [0, 0.05) is 56.1 Å². The molecule has 4 aromatic carbocycles. The van der Waals surface area contributed by atoms with Gasteiger partial charge in [-0.15, -0.1) is 0 Å². The summed E-state index contributed by atoms with van der Waals surface area (Å²) in [5.41, 5.74) is 3.32. The third-order valence-corrected chi connectivity index (χ3v) is 10.8. The monoisotopic (exact) mass is 815 g/mol. The van der Waals surface area contributed by atoms with Crippen LogP contribution in [0.1, 0.15) is 79.1 Å². The van der Waals surface area contributed by atoms with Gasteiger partial charge in [-0.3, -0.25) is 28.9 Å². The molecule has 6 rings (SSSR count). The molecule has 0 aromatic heterocycles.